The number of ether oxygens (including phenoxy) is 1. The first-order valence-electron chi connectivity index (χ1n) is 7.84. The van der Waals surface area contributed by atoms with Gasteiger partial charge in [0.1, 0.15) is 5.69 Å². The van der Waals surface area contributed by atoms with Crippen molar-refractivity contribution >= 4 is 5.91 Å². The summed E-state index contributed by atoms with van der Waals surface area (Å²) in [4.78, 5) is 25.4. The highest BCUT2D eigenvalue weighted by Gasteiger charge is 2.48. The lowest BCUT2D eigenvalue weighted by Crippen LogP contribution is -2.58. The van der Waals surface area contributed by atoms with Crippen LogP contribution in [-0.4, -0.2) is 45.3 Å². The number of H-pyrrole nitrogens is 1. The fourth-order valence-corrected chi connectivity index (χ4v) is 3.66. The summed E-state index contributed by atoms with van der Waals surface area (Å²) in [6, 6.07) is 2.82. The topological polar surface area (TPSA) is 75.3 Å². The van der Waals surface area contributed by atoms with Crippen LogP contribution in [0, 0.1) is 5.92 Å². The summed E-state index contributed by atoms with van der Waals surface area (Å²) in [6.45, 7) is 7.78. The molecule has 0 saturated carbocycles. The highest BCUT2D eigenvalue weighted by molar-refractivity contribution is 5.92. The van der Waals surface area contributed by atoms with E-state index in [-0.39, 0.29) is 22.7 Å². The Kier molecular flexibility index (Phi) is 3.59. The minimum absolute atomic E-state index is 0.0854. The van der Waals surface area contributed by atoms with Gasteiger partial charge in [-0.05, 0) is 46.1 Å². The van der Waals surface area contributed by atoms with E-state index >= 15 is 0 Å². The van der Waals surface area contributed by atoms with Crippen molar-refractivity contribution in [3.63, 3.8) is 0 Å². The molecular weight excluding hydrogens is 282 g/mol. The Morgan fingerprint density at radius 1 is 1.36 bits per heavy atom. The number of nitrogens with zero attached hydrogens (tertiary/aromatic N) is 2. The summed E-state index contributed by atoms with van der Waals surface area (Å²) >= 11 is 0. The number of piperidine rings is 1. The van der Waals surface area contributed by atoms with E-state index in [1.54, 1.807) is 0 Å². The van der Waals surface area contributed by atoms with Crippen molar-refractivity contribution in [3.05, 3.63) is 28.2 Å². The van der Waals surface area contributed by atoms with Crippen LogP contribution in [0.1, 0.15) is 50.5 Å². The zero-order chi connectivity index (χ0) is 16.0. The number of aromatic nitrogens is 2. The molecule has 22 heavy (non-hydrogen) atoms. The maximum Gasteiger partial charge on any atom is 0.274 e. The van der Waals surface area contributed by atoms with Crippen molar-refractivity contribution in [1.82, 2.24) is 15.1 Å². The van der Waals surface area contributed by atoms with Crippen molar-refractivity contribution in [3.8, 4) is 0 Å². The summed E-state index contributed by atoms with van der Waals surface area (Å²) in [5.74, 6) is 0.226. The Bertz CT molecular complexity index is 619. The molecule has 2 aliphatic rings. The summed E-state index contributed by atoms with van der Waals surface area (Å²) in [5.41, 5.74) is -0.250. The molecule has 3 heterocycles. The fourth-order valence-electron chi connectivity index (χ4n) is 3.66. The number of likely N-dealkylation sites (tertiary alicyclic amines) is 1. The number of aromatic amines is 1. The van der Waals surface area contributed by atoms with Gasteiger partial charge in [0.25, 0.3) is 11.5 Å². The van der Waals surface area contributed by atoms with Crippen LogP contribution < -0.4 is 5.56 Å². The van der Waals surface area contributed by atoms with Gasteiger partial charge in [0, 0.05) is 25.1 Å². The SMILES string of the molecule is CC1(C)CC[C@H]2CN(C(=O)c3ccc(=O)[nH]n3)CC[C@@]2(C)O1. The van der Waals surface area contributed by atoms with Gasteiger partial charge in [0.05, 0.1) is 11.2 Å². The Labute approximate surface area is 129 Å². The minimum atomic E-state index is -0.300. The molecule has 2 saturated heterocycles. The molecule has 2 fully saturated rings. The number of carbonyl (C=O) groups is 1. The zero-order valence-corrected chi connectivity index (χ0v) is 13.4. The van der Waals surface area contributed by atoms with Crippen molar-refractivity contribution in [2.45, 2.75) is 51.2 Å². The third kappa shape index (κ3) is 2.79. The van der Waals surface area contributed by atoms with E-state index in [2.05, 4.69) is 31.0 Å². The second-order valence-corrected chi connectivity index (χ2v) is 7.22. The third-order valence-electron chi connectivity index (χ3n) is 4.97. The molecule has 1 N–H and O–H groups in total. The van der Waals surface area contributed by atoms with E-state index in [0.29, 0.717) is 24.7 Å². The number of carbonyl (C=O) groups excluding carboxylic acids is 1. The van der Waals surface area contributed by atoms with Crippen LogP contribution in [0.2, 0.25) is 0 Å². The quantitative estimate of drug-likeness (QED) is 0.854. The molecule has 0 bridgehead atoms. The molecule has 2 atom stereocenters. The molecule has 6 heteroatoms. The molecule has 3 rings (SSSR count). The largest absolute Gasteiger partial charge is 0.369 e. The Balaban J connectivity index is 1.73. The second-order valence-electron chi connectivity index (χ2n) is 7.22. The number of amides is 1. The average Bonchev–Trinajstić information content (AvgIpc) is 2.45. The summed E-state index contributed by atoms with van der Waals surface area (Å²) in [5, 5.41) is 6.15. The van der Waals surface area contributed by atoms with E-state index in [9.17, 15) is 9.59 Å². The summed E-state index contributed by atoms with van der Waals surface area (Å²) in [6.07, 6.45) is 2.90. The highest BCUT2D eigenvalue weighted by Crippen LogP contribution is 2.43. The van der Waals surface area contributed by atoms with Crippen LogP contribution in [-0.2, 0) is 4.74 Å². The standard InChI is InChI=1S/C16H23N3O3/c1-15(2)7-6-11-10-19(9-8-16(11,3)22-15)14(21)12-4-5-13(20)18-17-12/h4-5,11H,6-10H2,1-3H3,(H,18,20)/t11-,16+/m0/s1. The summed E-state index contributed by atoms with van der Waals surface area (Å²) in [7, 11) is 0. The average molecular weight is 305 g/mol. The molecular formula is C16H23N3O3. The van der Waals surface area contributed by atoms with Crippen LogP contribution >= 0.6 is 0 Å². The molecule has 1 amide bonds. The van der Waals surface area contributed by atoms with Gasteiger partial charge in [-0.3, -0.25) is 9.59 Å². The zero-order valence-electron chi connectivity index (χ0n) is 13.4. The van der Waals surface area contributed by atoms with Crippen molar-refractivity contribution in [1.29, 1.82) is 0 Å². The van der Waals surface area contributed by atoms with Gasteiger partial charge in [0.2, 0.25) is 0 Å². The van der Waals surface area contributed by atoms with E-state index < -0.39 is 0 Å². The van der Waals surface area contributed by atoms with Gasteiger partial charge in [-0.25, -0.2) is 5.10 Å². The fraction of sp³-hybridized carbons (Fsp3) is 0.688. The van der Waals surface area contributed by atoms with E-state index in [4.69, 9.17) is 4.74 Å². The number of hydrogen-bond acceptors (Lipinski definition) is 4. The maximum absolute atomic E-state index is 12.5. The predicted molar refractivity (Wildman–Crippen MR) is 81.7 cm³/mol. The van der Waals surface area contributed by atoms with Gasteiger partial charge in [-0.15, -0.1) is 0 Å². The first-order chi connectivity index (χ1) is 10.3. The van der Waals surface area contributed by atoms with Gasteiger partial charge in [-0.2, -0.15) is 5.10 Å². The van der Waals surface area contributed by atoms with Crippen LogP contribution in [0.4, 0.5) is 0 Å². The molecule has 1 aromatic heterocycles. The molecule has 0 aliphatic carbocycles. The highest BCUT2D eigenvalue weighted by atomic mass is 16.5. The smallest absolute Gasteiger partial charge is 0.274 e. The first-order valence-corrected chi connectivity index (χ1v) is 7.84. The number of nitrogens with one attached hydrogen (secondary N) is 1. The molecule has 0 unspecified atom stereocenters. The number of fused-ring (bicyclic) bond motifs is 1. The predicted octanol–water partition coefficient (Wildman–Crippen LogP) is 1.58. The van der Waals surface area contributed by atoms with Crippen molar-refractivity contribution in [2.24, 2.45) is 5.92 Å². The Hall–Kier alpha value is -1.69. The normalized spacial score (nSPS) is 30.7. The van der Waals surface area contributed by atoms with Crippen LogP contribution in [0.15, 0.2) is 16.9 Å². The van der Waals surface area contributed by atoms with Gasteiger partial charge in [-0.1, -0.05) is 0 Å². The van der Waals surface area contributed by atoms with Gasteiger partial charge < -0.3 is 9.64 Å². The molecule has 2 aliphatic heterocycles. The van der Waals surface area contributed by atoms with Crippen molar-refractivity contribution < 1.29 is 9.53 Å². The molecule has 6 nitrogen and oxygen atoms in total. The number of hydrogen-bond donors (Lipinski definition) is 1. The van der Waals surface area contributed by atoms with Gasteiger partial charge >= 0.3 is 0 Å². The van der Waals surface area contributed by atoms with E-state index in [0.717, 1.165) is 19.3 Å². The Morgan fingerprint density at radius 2 is 2.14 bits per heavy atom. The number of rotatable bonds is 1. The first kappa shape index (κ1) is 15.2. The third-order valence-corrected chi connectivity index (χ3v) is 4.97. The van der Waals surface area contributed by atoms with E-state index in [1.165, 1.54) is 12.1 Å². The van der Waals surface area contributed by atoms with Crippen LogP contribution in [0.25, 0.3) is 0 Å². The summed E-state index contributed by atoms with van der Waals surface area (Å²) < 4.78 is 6.31. The Morgan fingerprint density at radius 3 is 2.82 bits per heavy atom. The van der Waals surface area contributed by atoms with Crippen LogP contribution in [0.3, 0.4) is 0 Å². The lowest BCUT2D eigenvalue weighted by molar-refractivity contribution is -0.210. The molecule has 0 aromatic carbocycles. The minimum Gasteiger partial charge on any atom is -0.369 e. The molecule has 0 radical (unpaired) electrons. The lowest BCUT2D eigenvalue weighted by atomic mass is 9.74. The lowest BCUT2D eigenvalue weighted by Gasteiger charge is -2.53. The molecule has 0 spiro atoms. The van der Waals surface area contributed by atoms with Crippen LogP contribution in [0.5, 0.6) is 0 Å². The second kappa shape index (κ2) is 5.19. The van der Waals surface area contributed by atoms with E-state index in [1.807, 2.05) is 4.90 Å². The van der Waals surface area contributed by atoms with Gasteiger partial charge in [0.15, 0.2) is 0 Å². The maximum atomic E-state index is 12.5. The monoisotopic (exact) mass is 305 g/mol. The molecule has 1 aromatic rings. The molecule has 120 valence electrons. The van der Waals surface area contributed by atoms with Crippen molar-refractivity contribution in [2.75, 3.05) is 13.1 Å².